The van der Waals surface area contributed by atoms with Crippen molar-refractivity contribution < 1.29 is 0 Å². The number of aromatic nitrogens is 2. The molecule has 0 amide bonds. The lowest BCUT2D eigenvalue weighted by Crippen LogP contribution is -2.33. The highest BCUT2D eigenvalue weighted by molar-refractivity contribution is 7.16. The molecule has 0 fully saturated rings. The van der Waals surface area contributed by atoms with Crippen LogP contribution in [0.1, 0.15) is 29.8 Å². The van der Waals surface area contributed by atoms with E-state index in [0.717, 1.165) is 30.7 Å². The SMILES string of the molecule is CC(c1ccc2scnc2c1)N1CCc2nc(-c3ccccc3)ccc2C1. The molecule has 1 aliphatic heterocycles. The van der Waals surface area contributed by atoms with Crippen molar-refractivity contribution >= 4 is 21.6 Å². The predicted molar refractivity (Wildman–Crippen MR) is 112 cm³/mol. The average molecular weight is 372 g/mol. The van der Waals surface area contributed by atoms with E-state index in [1.54, 1.807) is 11.3 Å². The molecular weight excluding hydrogens is 350 g/mol. The molecule has 0 saturated heterocycles. The zero-order valence-electron chi connectivity index (χ0n) is 15.3. The first-order chi connectivity index (χ1) is 13.3. The number of thiazole rings is 1. The van der Waals surface area contributed by atoms with Gasteiger partial charge in [-0.05, 0) is 36.2 Å². The predicted octanol–water partition coefficient (Wildman–Crippen LogP) is 5.48. The molecule has 3 heterocycles. The molecule has 1 aliphatic rings. The van der Waals surface area contributed by atoms with Gasteiger partial charge in [0.25, 0.3) is 0 Å². The Morgan fingerprint density at radius 2 is 1.93 bits per heavy atom. The number of pyridine rings is 1. The zero-order valence-corrected chi connectivity index (χ0v) is 16.1. The summed E-state index contributed by atoms with van der Waals surface area (Å²) in [5.74, 6) is 0. The third-order valence-electron chi connectivity index (χ3n) is 5.53. The molecule has 0 bridgehead atoms. The first kappa shape index (κ1) is 16.6. The molecule has 1 atom stereocenters. The van der Waals surface area contributed by atoms with Gasteiger partial charge in [0.1, 0.15) is 0 Å². The van der Waals surface area contributed by atoms with E-state index in [4.69, 9.17) is 4.98 Å². The van der Waals surface area contributed by atoms with E-state index in [1.807, 2.05) is 11.6 Å². The Balaban J connectivity index is 1.39. The van der Waals surface area contributed by atoms with E-state index in [1.165, 1.54) is 27.1 Å². The summed E-state index contributed by atoms with van der Waals surface area (Å²) in [5, 5.41) is 0. The number of hydrogen-bond donors (Lipinski definition) is 0. The van der Waals surface area contributed by atoms with Gasteiger partial charge in [-0.2, -0.15) is 0 Å². The summed E-state index contributed by atoms with van der Waals surface area (Å²) in [4.78, 5) is 12.0. The van der Waals surface area contributed by atoms with Crippen molar-refractivity contribution in [1.29, 1.82) is 0 Å². The van der Waals surface area contributed by atoms with Crippen LogP contribution in [0, 0.1) is 0 Å². The molecular formula is C23H21N3S. The first-order valence-corrected chi connectivity index (χ1v) is 10.3. The van der Waals surface area contributed by atoms with E-state index >= 15 is 0 Å². The number of hydrogen-bond acceptors (Lipinski definition) is 4. The fraction of sp³-hybridized carbons (Fsp3) is 0.217. The first-order valence-electron chi connectivity index (χ1n) is 9.39. The maximum Gasteiger partial charge on any atom is 0.0815 e. The lowest BCUT2D eigenvalue weighted by atomic mass is 9.99. The van der Waals surface area contributed by atoms with Gasteiger partial charge in [-0.25, -0.2) is 4.98 Å². The molecule has 0 aliphatic carbocycles. The summed E-state index contributed by atoms with van der Waals surface area (Å²) < 4.78 is 1.26. The number of fused-ring (bicyclic) bond motifs is 2. The van der Waals surface area contributed by atoms with E-state index in [-0.39, 0.29) is 0 Å². The number of rotatable bonds is 3. The molecule has 0 spiro atoms. The molecule has 4 heteroatoms. The van der Waals surface area contributed by atoms with Gasteiger partial charge in [-0.15, -0.1) is 11.3 Å². The Hall–Kier alpha value is -2.56. The van der Waals surface area contributed by atoms with Gasteiger partial charge in [0.05, 0.1) is 21.4 Å². The van der Waals surface area contributed by atoms with Gasteiger partial charge in [0.15, 0.2) is 0 Å². The summed E-state index contributed by atoms with van der Waals surface area (Å²) in [5.41, 5.74) is 9.23. The van der Waals surface area contributed by atoms with Crippen LogP contribution in [-0.4, -0.2) is 21.4 Å². The van der Waals surface area contributed by atoms with Gasteiger partial charge in [-0.3, -0.25) is 9.88 Å². The van der Waals surface area contributed by atoms with Crippen LogP contribution in [0.15, 0.2) is 66.2 Å². The molecule has 4 aromatic rings. The van der Waals surface area contributed by atoms with Crippen LogP contribution in [0.25, 0.3) is 21.5 Å². The molecule has 1 unspecified atom stereocenters. The Morgan fingerprint density at radius 1 is 1.04 bits per heavy atom. The lowest BCUT2D eigenvalue weighted by Gasteiger charge is -2.33. The Morgan fingerprint density at radius 3 is 2.81 bits per heavy atom. The van der Waals surface area contributed by atoms with Crippen molar-refractivity contribution in [2.24, 2.45) is 0 Å². The van der Waals surface area contributed by atoms with E-state index < -0.39 is 0 Å². The summed E-state index contributed by atoms with van der Waals surface area (Å²) in [6.07, 6.45) is 0.999. The van der Waals surface area contributed by atoms with Crippen LogP contribution < -0.4 is 0 Å². The van der Waals surface area contributed by atoms with Gasteiger partial charge >= 0.3 is 0 Å². The average Bonchev–Trinajstić information content (AvgIpc) is 3.21. The van der Waals surface area contributed by atoms with Crippen molar-refractivity contribution in [2.45, 2.75) is 25.9 Å². The minimum absolute atomic E-state index is 0.373. The van der Waals surface area contributed by atoms with E-state index in [9.17, 15) is 0 Å². The summed E-state index contributed by atoms with van der Waals surface area (Å²) in [6.45, 7) is 4.28. The van der Waals surface area contributed by atoms with E-state index in [0.29, 0.717) is 6.04 Å². The second-order valence-corrected chi connectivity index (χ2v) is 8.03. The highest BCUT2D eigenvalue weighted by Crippen LogP contribution is 2.30. The maximum atomic E-state index is 4.95. The van der Waals surface area contributed by atoms with Gasteiger partial charge in [-0.1, -0.05) is 42.5 Å². The smallest absolute Gasteiger partial charge is 0.0815 e. The van der Waals surface area contributed by atoms with E-state index in [2.05, 4.69) is 71.4 Å². The van der Waals surface area contributed by atoms with Crippen molar-refractivity contribution in [2.75, 3.05) is 6.54 Å². The normalized spacial score (nSPS) is 15.6. The summed E-state index contributed by atoms with van der Waals surface area (Å²) >= 11 is 1.70. The zero-order chi connectivity index (χ0) is 18.2. The number of benzene rings is 2. The van der Waals surface area contributed by atoms with Crippen molar-refractivity contribution in [3.05, 3.63) is 83.0 Å². The topological polar surface area (TPSA) is 29.0 Å². The fourth-order valence-corrected chi connectivity index (χ4v) is 4.54. The van der Waals surface area contributed by atoms with Crippen LogP contribution in [0.4, 0.5) is 0 Å². The third-order valence-corrected chi connectivity index (χ3v) is 6.34. The largest absolute Gasteiger partial charge is 0.292 e. The molecule has 27 heavy (non-hydrogen) atoms. The van der Waals surface area contributed by atoms with Gasteiger partial charge in [0, 0.05) is 36.8 Å². The highest BCUT2D eigenvalue weighted by Gasteiger charge is 2.23. The molecule has 0 saturated carbocycles. The second kappa shape index (κ2) is 6.87. The third kappa shape index (κ3) is 3.15. The monoisotopic (exact) mass is 371 g/mol. The molecule has 5 rings (SSSR count). The van der Waals surface area contributed by atoms with Crippen molar-refractivity contribution in [1.82, 2.24) is 14.9 Å². The molecule has 0 radical (unpaired) electrons. The quantitative estimate of drug-likeness (QED) is 0.478. The molecule has 2 aromatic carbocycles. The van der Waals surface area contributed by atoms with Gasteiger partial charge in [0.2, 0.25) is 0 Å². The minimum atomic E-state index is 0.373. The maximum absolute atomic E-state index is 4.95. The Kier molecular flexibility index (Phi) is 4.23. The van der Waals surface area contributed by atoms with Crippen LogP contribution in [0.5, 0.6) is 0 Å². The van der Waals surface area contributed by atoms with Crippen molar-refractivity contribution in [3.8, 4) is 11.3 Å². The molecule has 0 N–H and O–H groups in total. The van der Waals surface area contributed by atoms with Crippen LogP contribution in [-0.2, 0) is 13.0 Å². The Labute approximate surface area is 163 Å². The standard InChI is InChI=1S/C23H21N3S/c1-16(18-8-10-23-22(13-18)24-15-27-23)26-12-11-21-19(14-26)7-9-20(25-21)17-5-3-2-4-6-17/h2-10,13,15-16H,11-12,14H2,1H3. The molecule has 2 aromatic heterocycles. The fourth-order valence-electron chi connectivity index (χ4n) is 3.88. The Bertz CT molecular complexity index is 1090. The summed E-state index contributed by atoms with van der Waals surface area (Å²) in [6, 6.07) is 21.9. The molecule has 134 valence electrons. The van der Waals surface area contributed by atoms with Crippen LogP contribution in [0.2, 0.25) is 0 Å². The number of nitrogens with zero attached hydrogens (tertiary/aromatic N) is 3. The highest BCUT2D eigenvalue weighted by atomic mass is 32.1. The molecule has 3 nitrogen and oxygen atoms in total. The summed E-state index contributed by atoms with van der Waals surface area (Å²) in [7, 11) is 0. The van der Waals surface area contributed by atoms with Crippen LogP contribution in [0.3, 0.4) is 0 Å². The van der Waals surface area contributed by atoms with Crippen LogP contribution >= 0.6 is 11.3 Å². The second-order valence-electron chi connectivity index (χ2n) is 7.14. The van der Waals surface area contributed by atoms with Gasteiger partial charge < -0.3 is 0 Å². The lowest BCUT2D eigenvalue weighted by molar-refractivity contribution is 0.191. The minimum Gasteiger partial charge on any atom is -0.292 e. The van der Waals surface area contributed by atoms with Crippen molar-refractivity contribution in [3.63, 3.8) is 0 Å².